The first kappa shape index (κ1) is 16.8. The fourth-order valence-electron chi connectivity index (χ4n) is 4.06. The summed E-state index contributed by atoms with van der Waals surface area (Å²) in [6.07, 6.45) is 0.0928. The Morgan fingerprint density at radius 3 is 2.86 bits per heavy atom. The van der Waals surface area contributed by atoms with Gasteiger partial charge in [0.2, 0.25) is 0 Å². The average Bonchev–Trinajstić information content (AvgIpc) is 3.05. The second-order valence-corrected chi connectivity index (χ2v) is 7.16. The molecule has 0 saturated carbocycles. The zero-order valence-corrected chi connectivity index (χ0v) is 15.0. The van der Waals surface area contributed by atoms with Crippen molar-refractivity contribution in [3.8, 4) is 17.1 Å². The number of aromatic nitrogens is 2. The molecule has 0 fully saturated rings. The number of fused-ring (bicyclic) bond motifs is 5. The third-order valence-electron chi connectivity index (χ3n) is 5.71. The molecule has 0 aliphatic carbocycles. The summed E-state index contributed by atoms with van der Waals surface area (Å²) in [6, 6.07) is 6.60. The first-order valence-corrected chi connectivity index (χ1v) is 8.93. The minimum absolute atomic E-state index is 0.0268. The fourth-order valence-corrected chi connectivity index (χ4v) is 4.06. The SMILES string of the molecule is CC[C@@]1(O)C(=O)OCc2c1cc1n(c2=O)Cc2cc3c(N)c(O)ccc3nc2-1. The number of phenolic OH excluding ortho intramolecular Hbond substituents is 1. The minimum atomic E-state index is -1.85. The maximum atomic E-state index is 13.1. The number of nitrogen functional groups attached to an aromatic ring is 1. The van der Waals surface area contributed by atoms with Crippen LogP contribution in [-0.2, 0) is 28.3 Å². The van der Waals surface area contributed by atoms with Crippen LogP contribution in [0.1, 0.15) is 30.0 Å². The Labute approximate surface area is 158 Å². The second-order valence-electron chi connectivity index (χ2n) is 7.16. The van der Waals surface area contributed by atoms with Crippen LogP contribution in [0.2, 0.25) is 0 Å². The zero-order chi connectivity index (χ0) is 19.8. The van der Waals surface area contributed by atoms with E-state index in [1.165, 1.54) is 6.07 Å². The van der Waals surface area contributed by atoms with E-state index < -0.39 is 11.6 Å². The normalized spacial score (nSPS) is 19.9. The van der Waals surface area contributed by atoms with Gasteiger partial charge >= 0.3 is 5.97 Å². The number of nitrogens with zero attached hydrogens (tertiary/aromatic N) is 2. The highest BCUT2D eigenvalue weighted by Gasteiger charge is 2.45. The Bertz CT molecular complexity index is 1260. The summed E-state index contributed by atoms with van der Waals surface area (Å²) in [5.74, 6) is -0.777. The molecule has 142 valence electrons. The molecule has 0 radical (unpaired) electrons. The Balaban J connectivity index is 1.80. The lowest BCUT2D eigenvalue weighted by Crippen LogP contribution is -2.44. The molecule has 2 aliphatic heterocycles. The van der Waals surface area contributed by atoms with Crippen molar-refractivity contribution in [2.75, 3.05) is 5.73 Å². The number of esters is 1. The molecular weight excluding hydrogens is 362 g/mol. The monoisotopic (exact) mass is 379 g/mol. The lowest BCUT2D eigenvalue weighted by molar-refractivity contribution is -0.172. The van der Waals surface area contributed by atoms with Crippen LogP contribution in [0.5, 0.6) is 5.75 Å². The van der Waals surface area contributed by atoms with E-state index in [0.29, 0.717) is 22.3 Å². The molecule has 28 heavy (non-hydrogen) atoms. The van der Waals surface area contributed by atoms with Crippen LogP contribution in [0.25, 0.3) is 22.3 Å². The van der Waals surface area contributed by atoms with Crippen LogP contribution in [0.15, 0.2) is 29.1 Å². The van der Waals surface area contributed by atoms with Crippen molar-refractivity contribution < 1.29 is 19.7 Å². The fraction of sp³-hybridized carbons (Fsp3) is 0.250. The van der Waals surface area contributed by atoms with Gasteiger partial charge in [0.05, 0.1) is 34.7 Å². The van der Waals surface area contributed by atoms with Gasteiger partial charge in [0.1, 0.15) is 12.4 Å². The van der Waals surface area contributed by atoms with Crippen LogP contribution in [0, 0.1) is 0 Å². The zero-order valence-electron chi connectivity index (χ0n) is 15.0. The number of nitrogens with two attached hydrogens (primary N) is 1. The molecule has 0 spiro atoms. The molecule has 2 aromatic heterocycles. The van der Waals surface area contributed by atoms with Crippen LogP contribution < -0.4 is 11.3 Å². The third-order valence-corrected chi connectivity index (χ3v) is 5.71. The van der Waals surface area contributed by atoms with Gasteiger partial charge in [0.15, 0.2) is 5.60 Å². The molecule has 1 aromatic carbocycles. The first-order valence-electron chi connectivity index (χ1n) is 8.93. The second kappa shape index (κ2) is 5.32. The number of anilines is 1. The van der Waals surface area contributed by atoms with Gasteiger partial charge in [0, 0.05) is 16.5 Å². The Hall–Kier alpha value is -3.39. The molecular formula is C20H17N3O5. The standard InChI is InChI=1S/C20H17N3O5/c1-2-20(27)12-6-14-17-9(5-10-13(22-17)3-4-15(24)16(10)21)7-23(14)18(25)11(12)8-28-19(20)26/h3-6,24,27H,2,7-8,21H2,1H3/t20-/m0/s1. The highest BCUT2D eigenvalue weighted by atomic mass is 16.6. The summed E-state index contributed by atoms with van der Waals surface area (Å²) in [5, 5.41) is 21.3. The molecule has 2 aliphatic rings. The van der Waals surface area contributed by atoms with Crippen molar-refractivity contribution in [2.45, 2.75) is 32.1 Å². The molecule has 0 saturated heterocycles. The van der Waals surface area contributed by atoms with Gasteiger partial charge < -0.3 is 25.3 Å². The van der Waals surface area contributed by atoms with E-state index in [1.807, 2.05) is 6.07 Å². The van der Waals surface area contributed by atoms with E-state index in [4.69, 9.17) is 10.5 Å². The number of carbonyl (C=O) groups is 1. The Kier molecular flexibility index (Phi) is 3.19. The minimum Gasteiger partial charge on any atom is -0.506 e. The lowest BCUT2D eigenvalue weighted by Gasteiger charge is -2.31. The number of hydrogen-bond donors (Lipinski definition) is 3. The van der Waals surface area contributed by atoms with Crippen molar-refractivity contribution in [3.63, 3.8) is 0 Å². The van der Waals surface area contributed by atoms with Gasteiger partial charge in [-0.15, -0.1) is 0 Å². The number of cyclic esters (lactones) is 1. The average molecular weight is 379 g/mol. The van der Waals surface area contributed by atoms with Gasteiger partial charge in [-0.2, -0.15) is 0 Å². The van der Waals surface area contributed by atoms with Gasteiger partial charge in [-0.1, -0.05) is 6.92 Å². The van der Waals surface area contributed by atoms with E-state index in [-0.39, 0.29) is 47.7 Å². The summed E-state index contributed by atoms with van der Waals surface area (Å²) in [7, 11) is 0. The van der Waals surface area contributed by atoms with E-state index in [9.17, 15) is 19.8 Å². The number of phenols is 1. The van der Waals surface area contributed by atoms with Crippen molar-refractivity contribution in [1.82, 2.24) is 9.55 Å². The third kappa shape index (κ3) is 1.95. The van der Waals surface area contributed by atoms with E-state index in [1.54, 1.807) is 23.6 Å². The summed E-state index contributed by atoms with van der Waals surface area (Å²) in [6.45, 7) is 1.78. The molecule has 4 N–H and O–H groups in total. The highest BCUT2D eigenvalue weighted by molar-refractivity contribution is 5.95. The van der Waals surface area contributed by atoms with Crippen molar-refractivity contribution >= 4 is 22.6 Å². The number of aliphatic hydroxyl groups is 1. The topological polar surface area (TPSA) is 128 Å². The van der Waals surface area contributed by atoms with Crippen molar-refractivity contribution in [2.24, 2.45) is 0 Å². The van der Waals surface area contributed by atoms with Crippen molar-refractivity contribution in [3.05, 3.63) is 51.3 Å². The smallest absolute Gasteiger partial charge is 0.343 e. The molecule has 1 atom stereocenters. The first-order chi connectivity index (χ1) is 13.3. The van der Waals surface area contributed by atoms with E-state index in [0.717, 1.165) is 5.56 Å². The molecule has 0 unspecified atom stereocenters. The van der Waals surface area contributed by atoms with Gasteiger partial charge in [-0.25, -0.2) is 9.78 Å². The Morgan fingerprint density at radius 2 is 2.11 bits per heavy atom. The molecule has 5 rings (SSSR count). The van der Waals surface area contributed by atoms with E-state index in [2.05, 4.69) is 4.98 Å². The quantitative estimate of drug-likeness (QED) is 0.259. The summed E-state index contributed by atoms with van der Waals surface area (Å²) in [5.41, 5.74) is 7.08. The Morgan fingerprint density at radius 1 is 1.32 bits per heavy atom. The van der Waals surface area contributed by atoms with Gasteiger partial charge in [0.25, 0.3) is 5.56 Å². The molecule has 0 bridgehead atoms. The lowest BCUT2D eigenvalue weighted by atomic mass is 9.86. The van der Waals surface area contributed by atoms with Gasteiger partial charge in [-0.3, -0.25) is 4.79 Å². The number of benzene rings is 1. The maximum Gasteiger partial charge on any atom is 0.343 e. The number of pyridine rings is 2. The predicted octanol–water partition coefficient (Wildman–Crippen LogP) is 1.37. The summed E-state index contributed by atoms with van der Waals surface area (Å²) >= 11 is 0. The molecule has 0 amide bonds. The summed E-state index contributed by atoms with van der Waals surface area (Å²) < 4.78 is 6.61. The van der Waals surface area contributed by atoms with Crippen molar-refractivity contribution in [1.29, 1.82) is 0 Å². The number of aromatic hydroxyl groups is 1. The number of hydrogen-bond acceptors (Lipinski definition) is 7. The number of carbonyl (C=O) groups excluding carboxylic acids is 1. The van der Waals surface area contributed by atoms with E-state index >= 15 is 0 Å². The molecule has 8 nitrogen and oxygen atoms in total. The largest absolute Gasteiger partial charge is 0.506 e. The highest BCUT2D eigenvalue weighted by Crippen LogP contribution is 2.39. The molecule has 8 heteroatoms. The molecule has 3 aromatic rings. The predicted molar refractivity (Wildman–Crippen MR) is 101 cm³/mol. The number of rotatable bonds is 1. The maximum absolute atomic E-state index is 13.1. The van der Waals surface area contributed by atoms with Crippen LogP contribution in [-0.4, -0.2) is 25.7 Å². The molecule has 4 heterocycles. The van der Waals surface area contributed by atoms with Gasteiger partial charge in [-0.05, 0) is 30.7 Å². The summed E-state index contributed by atoms with van der Waals surface area (Å²) in [4.78, 5) is 29.9. The van der Waals surface area contributed by atoms with Crippen LogP contribution in [0.3, 0.4) is 0 Å². The van der Waals surface area contributed by atoms with Crippen LogP contribution >= 0.6 is 0 Å². The van der Waals surface area contributed by atoms with Crippen LogP contribution in [0.4, 0.5) is 5.69 Å². The number of ether oxygens (including phenoxy) is 1.